The summed E-state index contributed by atoms with van der Waals surface area (Å²) in [4.78, 5) is 11.5. The molecule has 0 saturated carbocycles. The fourth-order valence-corrected chi connectivity index (χ4v) is 6.17. The highest BCUT2D eigenvalue weighted by Crippen LogP contribution is 2.41. The van der Waals surface area contributed by atoms with E-state index in [9.17, 15) is 9.90 Å². The molecule has 0 spiro atoms. The van der Waals surface area contributed by atoms with E-state index in [1.165, 1.54) is 64.2 Å². The standard InChI is InChI=1S/C21H42O2S2/c1-5-7-9-10-11-12-13-14-15-16-18-24-25-19(17-8-6-2)21(3,4)20(22)23/h19H,5-18H2,1-4H3,(H,22,23). The van der Waals surface area contributed by atoms with Gasteiger partial charge in [-0.25, -0.2) is 0 Å². The predicted octanol–water partition coefficient (Wildman–Crippen LogP) is 7.96. The van der Waals surface area contributed by atoms with E-state index in [4.69, 9.17) is 0 Å². The third-order valence-corrected chi connectivity index (χ3v) is 8.20. The van der Waals surface area contributed by atoms with E-state index in [0.29, 0.717) is 0 Å². The van der Waals surface area contributed by atoms with Gasteiger partial charge in [0.05, 0.1) is 5.41 Å². The number of carbonyl (C=O) groups is 1. The van der Waals surface area contributed by atoms with E-state index in [1.54, 1.807) is 0 Å². The number of rotatable bonds is 18. The summed E-state index contributed by atoms with van der Waals surface area (Å²) in [7, 11) is 3.70. The van der Waals surface area contributed by atoms with Gasteiger partial charge < -0.3 is 5.11 Å². The number of hydrogen-bond donors (Lipinski definition) is 1. The van der Waals surface area contributed by atoms with Crippen molar-refractivity contribution in [3.05, 3.63) is 0 Å². The molecular formula is C21H42O2S2. The minimum absolute atomic E-state index is 0.207. The third-order valence-electron chi connectivity index (χ3n) is 4.94. The average Bonchev–Trinajstić information content (AvgIpc) is 2.58. The van der Waals surface area contributed by atoms with Crippen molar-refractivity contribution in [1.29, 1.82) is 0 Å². The molecule has 0 fully saturated rings. The van der Waals surface area contributed by atoms with Crippen LogP contribution in [0.3, 0.4) is 0 Å². The van der Waals surface area contributed by atoms with Crippen molar-refractivity contribution < 1.29 is 9.90 Å². The summed E-state index contributed by atoms with van der Waals surface area (Å²) in [5.41, 5.74) is -0.634. The molecule has 1 N–H and O–H groups in total. The van der Waals surface area contributed by atoms with Gasteiger partial charge in [0.1, 0.15) is 0 Å². The molecule has 0 aliphatic heterocycles. The van der Waals surface area contributed by atoms with Crippen molar-refractivity contribution in [2.24, 2.45) is 5.41 Å². The Hall–Kier alpha value is 0.170. The van der Waals surface area contributed by atoms with Crippen LogP contribution >= 0.6 is 21.6 Å². The molecule has 150 valence electrons. The molecule has 0 aromatic heterocycles. The van der Waals surface area contributed by atoms with E-state index in [0.717, 1.165) is 25.0 Å². The molecule has 0 rings (SSSR count). The summed E-state index contributed by atoms with van der Waals surface area (Å²) < 4.78 is 0. The molecule has 0 radical (unpaired) electrons. The minimum Gasteiger partial charge on any atom is -0.481 e. The summed E-state index contributed by atoms with van der Waals surface area (Å²) in [6.45, 7) is 8.20. The highest BCUT2D eigenvalue weighted by atomic mass is 33.1. The van der Waals surface area contributed by atoms with Gasteiger partial charge in [-0.3, -0.25) is 4.79 Å². The highest BCUT2D eigenvalue weighted by Gasteiger charge is 2.36. The first-order valence-electron chi connectivity index (χ1n) is 10.5. The second-order valence-electron chi connectivity index (χ2n) is 7.76. The van der Waals surface area contributed by atoms with E-state index < -0.39 is 11.4 Å². The van der Waals surface area contributed by atoms with Crippen LogP contribution in [0, 0.1) is 5.41 Å². The van der Waals surface area contributed by atoms with Crippen LogP contribution in [0.5, 0.6) is 0 Å². The summed E-state index contributed by atoms with van der Waals surface area (Å²) >= 11 is 0. The van der Waals surface area contributed by atoms with Crippen LogP contribution in [0.25, 0.3) is 0 Å². The summed E-state index contributed by atoms with van der Waals surface area (Å²) in [5.74, 6) is 0.486. The van der Waals surface area contributed by atoms with Crippen LogP contribution in [-0.2, 0) is 4.79 Å². The Morgan fingerprint density at radius 1 is 0.840 bits per heavy atom. The Bertz CT molecular complexity index is 319. The van der Waals surface area contributed by atoms with Crippen molar-refractivity contribution in [1.82, 2.24) is 0 Å². The van der Waals surface area contributed by atoms with Crippen molar-refractivity contribution in [2.75, 3.05) is 5.75 Å². The molecule has 0 aromatic rings. The maximum Gasteiger partial charge on any atom is 0.310 e. The predicted molar refractivity (Wildman–Crippen MR) is 117 cm³/mol. The van der Waals surface area contributed by atoms with Crippen molar-refractivity contribution >= 4 is 27.6 Å². The Labute approximate surface area is 165 Å². The Morgan fingerprint density at radius 2 is 1.32 bits per heavy atom. The van der Waals surface area contributed by atoms with Gasteiger partial charge in [0.25, 0.3) is 0 Å². The van der Waals surface area contributed by atoms with Crippen LogP contribution in [-0.4, -0.2) is 22.1 Å². The Kier molecular flexibility index (Phi) is 16.5. The van der Waals surface area contributed by atoms with Gasteiger partial charge >= 0.3 is 5.97 Å². The normalized spacial score (nSPS) is 13.1. The number of aliphatic carboxylic acids is 1. The zero-order valence-corrected chi connectivity index (χ0v) is 18.8. The molecule has 0 aliphatic carbocycles. The maximum atomic E-state index is 11.5. The van der Waals surface area contributed by atoms with Gasteiger partial charge in [0.15, 0.2) is 0 Å². The summed E-state index contributed by atoms with van der Waals surface area (Å²) in [5, 5.41) is 9.69. The second kappa shape index (κ2) is 16.4. The third kappa shape index (κ3) is 13.1. The van der Waals surface area contributed by atoms with Gasteiger partial charge in [-0.15, -0.1) is 0 Å². The lowest BCUT2D eigenvalue weighted by atomic mass is 9.86. The molecule has 4 heteroatoms. The van der Waals surface area contributed by atoms with Crippen LogP contribution in [0.4, 0.5) is 0 Å². The number of hydrogen-bond acceptors (Lipinski definition) is 3. The zero-order valence-electron chi connectivity index (χ0n) is 17.1. The fourth-order valence-electron chi connectivity index (χ4n) is 2.84. The first kappa shape index (κ1) is 25.2. The van der Waals surface area contributed by atoms with Crippen LogP contribution in [0.15, 0.2) is 0 Å². The van der Waals surface area contributed by atoms with E-state index >= 15 is 0 Å². The zero-order chi connectivity index (χ0) is 19.0. The second-order valence-corrected chi connectivity index (χ2v) is 10.4. The molecule has 0 aliphatic rings. The van der Waals surface area contributed by atoms with Gasteiger partial charge in [-0.05, 0) is 26.7 Å². The number of carboxylic acid groups (broad SMARTS) is 1. The molecule has 2 nitrogen and oxygen atoms in total. The lowest BCUT2D eigenvalue weighted by molar-refractivity contribution is -0.146. The van der Waals surface area contributed by atoms with Gasteiger partial charge in [-0.1, -0.05) is 106 Å². The molecule has 25 heavy (non-hydrogen) atoms. The molecule has 0 bridgehead atoms. The summed E-state index contributed by atoms with van der Waals surface area (Å²) in [6, 6.07) is 0. The molecule has 0 amide bonds. The quantitative estimate of drug-likeness (QED) is 0.190. The number of unbranched alkanes of at least 4 members (excludes halogenated alkanes) is 10. The van der Waals surface area contributed by atoms with E-state index in [-0.39, 0.29) is 5.25 Å². The molecule has 1 atom stereocenters. The SMILES string of the molecule is CCCCCCCCCCCCSSC(CCCC)C(C)(C)C(=O)O. The average molecular weight is 391 g/mol. The molecule has 0 heterocycles. The van der Waals surface area contributed by atoms with E-state index in [2.05, 4.69) is 13.8 Å². The molecule has 0 aromatic carbocycles. The minimum atomic E-state index is -0.666. The monoisotopic (exact) mass is 390 g/mol. The maximum absolute atomic E-state index is 11.5. The van der Waals surface area contributed by atoms with Gasteiger partial charge in [-0.2, -0.15) is 0 Å². The fraction of sp³-hybridized carbons (Fsp3) is 0.952. The van der Waals surface area contributed by atoms with Crippen molar-refractivity contribution in [2.45, 2.75) is 116 Å². The van der Waals surface area contributed by atoms with Crippen molar-refractivity contribution in [3.63, 3.8) is 0 Å². The van der Waals surface area contributed by atoms with Crippen LogP contribution in [0.2, 0.25) is 0 Å². The van der Waals surface area contributed by atoms with Crippen LogP contribution in [0.1, 0.15) is 111 Å². The lowest BCUT2D eigenvalue weighted by Gasteiger charge is -2.29. The Balaban J connectivity index is 3.70. The molecular weight excluding hydrogens is 348 g/mol. The largest absolute Gasteiger partial charge is 0.481 e. The first-order chi connectivity index (χ1) is 12.0. The highest BCUT2D eigenvalue weighted by molar-refractivity contribution is 8.76. The van der Waals surface area contributed by atoms with Crippen LogP contribution < -0.4 is 0 Å². The summed E-state index contributed by atoms with van der Waals surface area (Å²) in [6.07, 6.45) is 17.0. The van der Waals surface area contributed by atoms with E-state index in [1.807, 2.05) is 35.4 Å². The Morgan fingerprint density at radius 3 is 1.80 bits per heavy atom. The van der Waals surface area contributed by atoms with Gasteiger partial charge in [0.2, 0.25) is 0 Å². The van der Waals surface area contributed by atoms with Crippen molar-refractivity contribution in [3.8, 4) is 0 Å². The lowest BCUT2D eigenvalue weighted by Crippen LogP contribution is -2.34. The first-order valence-corrected chi connectivity index (χ1v) is 12.9. The number of carboxylic acids is 1. The molecule has 0 saturated heterocycles. The smallest absolute Gasteiger partial charge is 0.310 e. The topological polar surface area (TPSA) is 37.3 Å². The molecule has 1 unspecified atom stereocenters. The van der Waals surface area contributed by atoms with Gasteiger partial charge in [0, 0.05) is 11.0 Å².